The number of benzene rings is 2. The number of nitrogens with zero attached hydrogens (tertiary/aromatic N) is 1. The molecular weight excluding hydrogens is 712 g/mol. The number of carbonyl (C=O) groups excluding carboxylic acids is 2. The first-order valence-corrected chi connectivity index (χ1v) is 17.4. The molecule has 1 atom stereocenters. The number of ether oxygens (including phenoxy) is 2. The molecule has 3 heterocycles. The van der Waals surface area contributed by atoms with Crippen LogP contribution in [-0.2, 0) is 15.7 Å². The zero-order valence-electron chi connectivity index (χ0n) is 28.9. The first kappa shape index (κ1) is 38.5. The summed E-state index contributed by atoms with van der Waals surface area (Å²) < 4.78 is 98.8. The number of alkyl halides is 3. The molecule has 0 unspecified atom stereocenters. The number of hydrazine groups is 1. The van der Waals surface area contributed by atoms with E-state index < -0.39 is 64.0 Å². The molecule has 1 fully saturated rings. The quantitative estimate of drug-likeness (QED) is 0.199. The fourth-order valence-electron chi connectivity index (χ4n) is 5.97. The van der Waals surface area contributed by atoms with Crippen molar-refractivity contribution >= 4 is 35.1 Å². The minimum absolute atomic E-state index is 0.0149. The molecule has 2 amide bonds. The normalized spacial score (nSPS) is 18.0. The smallest absolute Gasteiger partial charge is 0.422 e. The number of amides is 2. The lowest BCUT2D eigenvalue weighted by atomic mass is 9.96. The SMILES string of the molecule is CC1=C(C2=CNNC=C2)SC=C(C(=O)Nc2ccc(Oc3c(F)cc(F)cc3F)c(C(F)(F)F)c2N2CCC[C@@H](CNC(=O)OC(C)(C)C)C2)CC1. The van der Waals surface area contributed by atoms with Crippen LogP contribution >= 0.6 is 11.8 Å². The lowest BCUT2D eigenvalue weighted by molar-refractivity contribution is -0.138. The highest BCUT2D eigenvalue weighted by molar-refractivity contribution is 8.06. The van der Waals surface area contributed by atoms with Crippen molar-refractivity contribution in [2.45, 2.75) is 65.2 Å². The number of hydrogen-bond acceptors (Lipinski definition) is 8. The minimum atomic E-state index is -5.16. The van der Waals surface area contributed by atoms with Crippen LogP contribution in [0.1, 0.15) is 58.9 Å². The Morgan fingerprint density at radius 1 is 1.06 bits per heavy atom. The van der Waals surface area contributed by atoms with Crippen LogP contribution in [0.25, 0.3) is 0 Å². The molecule has 0 bridgehead atoms. The number of alkyl carbamates (subject to hydrolysis) is 1. The van der Waals surface area contributed by atoms with Crippen LogP contribution in [0, 0.1) is 23.4 Å². The van der Waals surface area contributed by atoms with E-state index in [0.29, 0.717) is 43.4 Å². The molecule has 0 spiro atoms. The largest absolute Gasteiger partial charge is 0.450 e. The highest BCUT2D eigenvalue weighted by Gasteiger charge is 2.42. The van der Waals surface area contributed by atoms with E-state index in [-0.39, 0.29) is 31.2 Å². The Morgan fingerprint density at radius 2 is 1.79 bits per heavy atom. The van der Waals surface area contributed by atoms with E-state index >= 15 is 13.2 Å². The van der Waals surface area contributed by atoms with Crippen molar-refractivity contribution in [3.05, 3.63) is 92.8 Å². The zero-order valence-corrected chi connectivity index (χ0v) is 29.7. The number of rotatable bonds is 8. The number of carbonyl (C=O) groups is 2. The van der Waals surface area contributed by atoms with Gasteiger partial charge in [-0.2, -0.15) is 13.2 Å². The maximum Gasteiger partial charge on any atom is 0.422 e. The van der Waals surface area contributed by atoms with E-state index in [1.54, 1.807) is 38.6 Å². The summed E-state index contributed by atoms with van der Waals surface area (Å²) in [5, 5.41) is 7.00. The Bertz CT molecular complexity index is 1810. The average Bonchev–Trinajstić information content (AvgIpc) is 3.26. The molecule has 1 saturated heterocycles. The molecular formula is C36H39F6N5O4S. The van der Waals surface area contributed by atoms with Gasteiger partial charge in [-0.15, -0.1) is 0 Å². The van der Waals surface area contributed by atoms with Crippen LogP contribution in [0.15, 0.2) is 69.8 Å². The van der Waals surface area contributed by atoms with Crippen molar-refractivity contribution in [1.29, 1.82) is 0 Å². The Balaban J connectivity index is 1.50. The maximum atomic E-state index is 15.1. The summed E-state index contributed by atoms with van der Waals surface area (Å²) in [6.45, 7) is 7.26. The van der Waals surface area contributed by atoms with Gasteiger partial charge in [0.25, 0.3) is 5.91 Å². The van der Waals surface area contributed by atoms with Gasteiger partial charge in [0.15, 0.2) is 17.4 Å². The molecule has 2 aromatic rings. The molecule has 3 aliphatic heterocycles. The van der Waals surface area contributed by atoms with Gasteiger partial charge in [-0.25, -0.2) is 18.0 Å². The Kier molecular flexibility index (Phi) is 11.8. The molecule has 9 nitrogen and oxygen atoms in total. The Hall–Kier alpha value is -4.73. The Morgan fingerprint density at radius 3 is 2.44 bits per heavy atom. The second-order valence-electron chi connectivity index (χ2n) is 13.5. The van der Waals surface area contributed by atoms with Crippen molar-refractivity contribution in [2.24, 2.45) is 5.92 Å². The first-order chi connectivity index (χ1) is 24.5. The summed E-state index contributed by atoms with van der Waals surface area (Å²) in [6.07, 6.45) is 1.34. The van der Waals surface area contributed by atoms with Crippen LogP contribution in [0.4, 0.5) is 42.5 Å². The highest BCUT2D eigenvalue weighted by Crippen LogP contribution is 2.49. The number of halogens is 6. The topological polar surface area (TPSA) is 104 Å². The maximum absolute atomic E-state index is 15.1. The molecule has 280 valence electrons. The van der Waals surface area contributed by atoms with Gasteiger partial charge in [-0.05, 0) is 82.9 Å². The molecule has 0 aromatic heterocycles. The third-order valence-corrected chi connectivity index (χ3v) is 9.52. The van der Waals surface area contributed by atoms with Gasteiger partial charge < -0.3 is 35.9 Å². The summed E-state index contributed by atoms with van der Waals surface area (Å²) in [7, 11) is 0. The van der Waals surface area contributed by atoms with E-state index in [1.807, 2.05) is 13.0 Å². The second-order valence-corrected chi connectivity index (χ2v) is 14.4. The molecule has 0 saturated carbocycles. The Labute approximate surface area is 301 Å². The standard InChI is InChI=1S/C36H39F6N5O4S/c1-20-7-8-23(19-52-32(20)22-11-12-44-45-17-22)33(48)46-27-9-10-28(50-31-25(38)14-24(37)15-26(31)39)29(36(40,41)42)30(27)47-13-5-6-21(18-47)16-43-34(49)51-35(2,3)4/h9-12,14-15,17,19,21,44-45H,5-8,13,16,18H2,1-4H3,(H,43,49)(H,46,48)/t21-/m0/s1. The van der Waals surface area contributed by atoms with Crippen LogP contribution in [0.5, 0.6) is 11.5 Å². The van der Waals surface area contributed by atoms with Crippen LogP contribution in [-0.4, -0.2) is 37.2 Å². The van der Waals surface area contributed by atoms with Gasteiger partial charge in [0.05, 0.1) is 11.4 Å². The van der Waals surface area contributed by atoms with Gasteiger partial charge in [0.1, 0.15) is 22.7 Å². The molecule has 52 heavy (non-hydrogen) atoms. The minimum Gasteiger partial charge on any atom is -0.450 e. The fraction of sp³-hybridized carbons (Fsp3) is 0.389. The fourth-order valence-corrected chi connectivity index (χ4v) is 7.02. The molecule has 3 aliphatic rings. The van der Waals surface area contributed by atoms with Crippen molar-refractivity contribution in [3.8, 4) is 11.5 Å². The van der Waals surface area contributed by atoms with E-state index in [0.717, 1.165) is 22.1 Å². The van der Waals surface area contributed by atoms with E-state index in [4.69, 9.17) is 9.47 Å². The molecule has 0 aliphatic carbocycles. The second kappa shape index (κ2) is 15.9. The molecule has 0 radical (unpaired) electrons. The van der Waals surface area contributed by atoms with E-state index in [9.17, 15) is 22.8 Å². The summed E-state index contributed by atoms with van der Waals surface area (Å²) in [6, 6.07) is 2.63. The van der Waals surface area contributed by atoms with Crippen LogP contribution < -0.4 is 31.1 Å². The predicted molar refractivity (Wildman–Crippen MR) is 187 cm³/mol. The van der Waals surface area contributed by atoms with Crippen molar-refractivity contribution in [1.82, 2.24) is 16.2 Å². The van der Waals surface area contributed by atoms with Gasteiger partial charge in [0, 0.05) is 60.2 Å². The van der Waals surface area contributed by atoms with Crippen molar-refractivity contribution < 1.29 is 45.4 Å². The van der Waals surface area contributed by atoms with Crippen molar-refractivity contribution in [2.75, 3.05) is 29.9 Å². The van der Waals surface area contributed by atoms with E-state index in [2.05, 4.69) is 21.5 Å². The monoisotopic (exact) mass is 751 g/mol. The van der Waals surface area contributed by atoms with Crippen LogP contribution in [0.3, 0.4) is 0 Å². The van der Waals surface area contributed by atoms with Gasteiger partial charge >= 0.3 is 12.3 Å². The molecule has 5 rings (SSSR count). The highest BCUT2D eigenvalue weighted by atomic mass is 32.2. The summed E-state index contributed by atoms with van der Waals surface area (Å²) >= 11 is 1.32. The number of hydrogen-bond donors (Lipinski definition) is 4. The van der Waals surface area contributed by atoms with Crippen LogP contribution in [0.2, 0.25) is 0 Å². The number of piperidine rings is 1. The number of allylic oxidation sites excluding steroid dienone is 3. The van der Waals surface area contributed by atoms with Crippen molar-refractivity contribution in [3.63, 3.8) is 0 Å². The van der Waals surface area contributed by atoms with Gasteiger partial charge in [-0.1, -0.05) is 17.3 Å². The summed E-state index contributed by atoms with van der Waals surface area (Å²) in [5.41, 5.74) is 5.16. The third kappa shape index (κ3) is 9.57. The van der Waals surface area contributed by atoms with Gasteiger partial charge in [-0.3, -0.25) is 4.79 Å². The zero-order chi connectivity index (χ0) is 37.8. The first-order valence-electron chi connectivity index (χ1n) is 16.5. The summed E-state index contributed by atoms with van der Waals surface area (Å²) in [4.78, 5) is 28.5. The number of nitrogens with one attached hydrogen (secondary N) is 4. The molecule has 4 N–H and O–H groups in total. The predicted octanol–water partition coefficient (Wildman–Crippen LogP) is 8.78. The molecule has 2 aromatic carbocycles. The lowest BCUT2D eigenvalue weighted by Crippen LogP contribution is -2.43. The molecule has 16 heteroatoms. The summed E-state index contributed by atoms with van der Waals surface area (Å²) in [5.74, 6) is -7.49. The third-order valence-electron chi connectivity index (χ3n) is 8.30. The number of anilines is 2. The lowest BCUT2D eigenvalue weighted by Gasteiger charge is -2.37. The van der Waals surface area contributed by atoms with Gasteiger partial charge in [0.2, 0.25) is 0 Å². The number of thioether (sulfide) groups is 1. The average molecular weight is 752 g/mol. The van der Waals surface area contributed by atoms with E-state index in [1.165, 1.54) is 22.7 Å².